The number of hydrogen-bond donors (Lipinski definition) is 2. The molecule has 1 amide bonds. The van der Waals surface area contributed by atoms with Crippen LogP contribution >= 0.6 is 0 Å². The Morgan fingerprint density at radius 3 is 2.85 bits per heavy atom. The lowest BCUT2D eigenvalue weighted by Gasteiger charge is -2.34. The van der Waals surface area contributed by atoms with Crippen LogP contribution in [0.1, 0.15) is 38.7 Å². The second kappa shape index (κ2) is 6.89. The molecule has 0 saturated heterocycles. The Bertz CT molecular complexity index is 458. The summed E-state index contributed by atoms with van der Waals surface area (Å²) in [5.41, 5.74) is 2.03. The summed E-state index contributed by atoms with van der Waals surface area (Å²) in [6, 6.07) is 8.38. The molecule has 20 heavy (non-hydrogen) atoms. The maximum absolute atomic E-state index is 12.0. The highest BCUT2D eigenvalue weighted by atomic mass is 16.1. The van der Waals surface area contributed by atoms with Crippen molar-refractivity contribution >= 4 is 11.6 Å². The van der Waals surface area contributed by atoms with Gasteiger partial charge in [0.25, 0.3) is 0 Å². The number of aryl methyl sites for hydroxylation is 1. The van der Waals surface area contributed by atoms with Crippen LogP contribution in [0.15, 0.2) is 24.3 Å². The number of carbonyl (C=O) groups is 1. The SMILES string of the molecule is Cc1cccc(NC(=O)CNC2CCCC(C)C2C)c1. The third-order valence-corrected chi connectivity index (χ3v) is 4.53. The Balaban J connectivity index is 1.80. The second-order valence-corrected chi connectivity index (χ2v) is 6.17. The number of amides is 1. The van der Waals surface area contributed by atoms with Crippen LogP contribution in [-0.2, 0) is 4.79 Å². The molecule has 0 spiro atoms. The Labute approximate surface area is 122 Å². The Morgan fingerprint density at radius 2 is 2.10 bits per heavy atom. The zero-order valence-corrected chi connectivity index (χ0v) is 12.8. The first-order valence-electron chi connectivity index (χ1n) is 7.66. The Hall–Kier alpha value is -1.35. The molecule has 3 nitrogen and oxygen atoms in total. The van der Waals surface area contributed by atoms with Gasteiger partial charge in [0.2, 0.25) is 5.91 Å². The minimum absolute atomic E-state index is 0.0426. The van der Waals surface area contributed by atoms with Crippen LogP contribution in [0.2, 0.25) is 0 Å². The molecule has 1 aliphatic carbocycles. The fourth-order valence-electron chi connectivity index (χ4n) is 3.02. The van der Waals surface area contributed by atoms with Crippen molar-refractivity contribution in [1.82, 2.24) is 5.32 Å². The van der Waals surface area contributed by atoms with Crippen molar-refractivity contribution in [1.29, 1.82) is 0 Å². The lowest BCUT2D eigenvalue weighted by atomic mass is 9.78. The quantitative estimate of drug-likeness (QED) is 0.884. The molecule has 1 fully saturated rings. The average Bonchev–Trinajstić information content (AvgIpc) is 2.40. The van der Waals surface area contributed by atoms with Crippen molar-refractivity contribution in [3.63, 3.8) is 0 Å². The summed E-state index contributed by atoms with van der Waals surface area (Å²) < 4.78 is 0. The maximum Gasteiger partial charge on any atom is 0.238 e. The molecule has 1 aromatic rings. The predicted molar refractivity (Wildman–Crippen MR) is 83.8 cm³/mol. The van der Waals surface area contributed by atoms with Gasteiger partial charge in [0.05, 0.1) is 6.54 Å². The Morgan fingerprint density at radius 1 is 1.30 bits per heavy atom. The summed E-state index contributed by atoms with van der Waals surface area (Å²) in [6.07, 6.45) is 3.76. The van der Waals surface area contributed by atoms with Crippen molar-refractivity contribution in [2.45, 2.75) is 46.1 Å². The summed E-state index contributed by atoms with van der Waals surface area (Å²) in [5, 5.41) is 6.37. The van der Waals surface area contributed by atoms with Crippen LogP contribution in [0, 0.1) is 18.8 Å². The van der Waals surface area contributed by atoms with E-state index in [1.165, 1.54) is 19.3 Å². The van der Waals surface area contributed by atoms with E-state index in [-0.39, 0.29) is 5.91 Å². The van der Waals surface area contributed by atoms with Gasteiger partial charge < -0.3 is 10.6 Å². The number of anilines is 1. The first-order chi connectivity index (χ1) is 9.56. The van der Waals surface area contributed by atoms with Crippen LogP contribution in [0.25, 0.3) is 0 Å². The standard InChI is InChI=1S/C17H26N2O/c1-12-6-4-8-15(10-12)19-17(20)11-18-16-9-5-7-13(2)14(16)3/h4,6,8,10,13-14,16,18H,5,7,9,11H2,1-3H3,(H,19,20). The van der Waals surface area contributed by atoms with Crippen LogP contribution < -0.4 is 10.6 Å². The fourth-order valence-corrected chi connectivity index (χ4v) is 3.02. The average molecular weight is 274 g/mol. The van der Waals surface area contributed by atoms with Gasteiger partial charge in [0.1, 0.15) is 0 Å². The third-order valence-electron chi connectivity index (χ3n) is 4.53. The lowest BCUT2D eigenvalue weighted by molar-refractivity contribution is -0.115. The maximum atomic E-state index is 12.0. The number of carbonyl (C=O) groups excluding carboxylic acids is 1. The largest absolute Gasteiger partial charge is 0.325 e. The molecule has 1 saturated carbocycles. The van der Waals surface area contributed by atoms with Crippen molar-refractivity contribution < 1.29 is 4.79 Å². The molecule has 0 heterocycles. The second-order valence-electron chi connectivity index (χ2n) is 6.17. The van der Waals surface area contributed by atoms with Gasteiger partial charge >= 0.3 is 0 Å². The molecule has 2 N–H and O–H groups in total. The molecule has 1 aromatic carbocycles. The molecule has 0 bridgehead atoms. The highest BCUT2D eigenvalue weighted by molar-refractivity contribution is 5.92. The molecule has 3 unspecified atom stereocenters. The molecule has 3 heteroatoms. The van der Waals surface area contributed by atoms with E-state index in [1.54, 1.807) is 0 Å². The van der Waals surface area contributed by atoms with Gasteiger partial charge in [-0.15, -0.1) is 0 Å². The molecule has 0 radical (unpaired) electrons. The van der Waals surface area contributed by atoms with E-state index in [9.17, 15) is 4.79 Å². The minimum atomic E-state index is 0.0426. The van der Waals surface area contributed by atoms with Crippen molar-refractivity contribution in [3.05, 3.63) is 29.8 Å². The summed E-state index contributed by atoms with van der Waals surface area (Å²) in [6.45, 7) is 7.03. The predicted octanol–water partition coefficient (Wildman–Crippen LogP) is 3.35. The van der Waals surface area contributed by atoms with Crippen molar-refractivity contribution in [3.8, 4) is 0 Å². The minimum Gasteiger partial charge on any atom is -0.325 e. The molecule has 110 valence electrons. The lowest BCUT2D eigenvalue weighted by Crippen LogP contribution is -2.43. The molecular weight excluding hydrogens is 248 g/mol. The van der Waals surface area contributed by atoms with Gasteiger partial charge in [0, 0.05) is 11.7 Å². The number of hydrogen-bond acceptors (Lipinski definition) is 2. The number of nitrogens with one attached hydrogen (secondary N) is 2. The molecule has 0 aliphatic heterocycles. The summed E-state index contributed by atoms with van der Waals surface area (Å²) in [5.74, 6) is 1.44. The summed E-state index contributed by atoms with van der Waals surface area (Å²) in [7, 11) is 0. The van der Waals surface area contributed by atoms with Crippen LogP contribution in [0.4, 0.5) is 5.69 Å². The summed E-state index contributed by atoms with van der Waals surface area (Å²) in [4.78, 5) is 12.0. The van der Waals surface area contributed by atoms with Crippen LogP contribution in [0.5, 0.6) is 0 Å². The van der Waals surface area contributed by atoms with E-state index >= 15 is 0 Å². The van der Waals surface area contributed by atoms with E-state index in [4.69, 9.17) is 0 Å². The smallest absolute Gasteiger partial charge is 0.238 e. The molecule has 2 rings (SSSR count). The van der Waals surface area contributed by atoms with Gasteiger partial charge in [-0.3, -0.25) is 4.79 Å². The zero-order valence-electron chi connectivity index (χ0n) is 12.8. The Kier molecular flexibility index (Phi) is 5.18. The van der Waals surface area contributed by atoms with E-state index in [2.05, 4.69) is 24.5 Å². The first-order valence-corrected chi connectivity index (χ1v) is 7.66. The van der Waals surface area contributed by atoms with Gasteiger partial charge in [-0.05, 0) is 42.9 Å². The molecule has 1 aliphatic rings. The van der Waals surface area contributed by atoms with E-state index in [0.717, 1.165) is 17.2 Å². The van der Waals surface area contributed by atoms with Gasteiger partial charge in [-0.2, -0.15) is 0 Å². The molecule has 0 aromatic heterocycles. The molecule has 3 atom stereocenters. The van der Waals surface area contributed by atoms with Gasteiger partial charge in [-0.1, -0.05) is 38.8 Å². The summed E-state index contributed by atoms with van der Waals surface area (Å²) >= 11 is 0. The van der Waals surface area contributed by atoms with Crippen LogP contribution in [-0.4, -0.2) is 18.5 Å². The normalized spacial score (nSPS) is 26.2. The molecular formula is C17H26N2O. The number of benzene rings is 1. The monoisotopic (exact) mass is 274 g/mol. The van der Waals surface area contributed by atoms with Gasteiger partial charge in [-0.25, -0.2) is 0 Å². The number of rotatable bonds is 4. The first kappa shape index (κ1) is 15.0. The van der Waals surface area contributed by atoms with Gasteiger partial charge in [0.15, 0.2) is 0 Å². The van der Waals surface area contributed by atoms with Crippen molar-refractivity contribution in [2.24, 2.45) is 11.8 Å². The van der Waals surface area contributed by atoms with Crippen molar-refractivity contribution in [2.75, 3.05) is 11.9 Å². The van der Waals surface area contributed by atoms with E-state index in [1.807, 2.05) is 31.2 Å². The fraction of sp³-hybridized carbons (Fsp3) is 0.588. The van der Waals surface area contributed by atoms with E-state index in [0.29, 0.717) is 18.5 Å². The highest BCUT2D eigenvalue weighted by Crippen LogP contribution is 2.29. The van der Waals surface area contributed by atoms with E-state index < -0.39 is 0 Å². The highest BCUT2D eigenvalue weighted by Gasteiger charge is 2.26. The zero-order chi connectivity index (χ0) is 14.5. The topological polar surface area (TPSA) is 41.1 Å². The third kappa shape index (κ3) is 4.07. The van der Waals surface area contributed by atoms with Crippen LogP contribution in [0.3, 0.4) is 0 Å².